The highest BCUT2D eigenvalue weighted by molar-refractivity contribution is 9.10. The predicted molar refractivity (Wildman–Crippen MR) is 167 cm³/mol. The first-order valence-corrected chi connectivity index (χ1v) is 13.7. The van der Waals surface area contributed by atoms with Crippen molar-refractivity contribution < 1.29 is 14.4 Å². The fourth-order valence-corrected chi connectivity index (χ4v) is 4.31. The van der Waals surface area contributed by atoms with Gasteiger partial charge in [-0.1, -0.05) is 76.1 Å². The van der Waals surface area contributed by atoms with Crippen LogP contribution in [-0.2, 0) is 9.59 Å². The zero-order valence-corrected chi connectivity index (χ0v) is 24.0. The minimum absolute atomic E-state index is 0.182. The molecule has 0 aliphatic heterocycles. The lowest BCUT2D eigenvalue weighted by Gasteiger charge is -2.11. The van der Waals surface area contributed by atoms with Crippen molar-refractivity contribution in [2.24, 2.45) is 5.10 Å². The minimum Gasteiger partial charge on any atom is -0.322 e. The van der Waals surface area contributed by atoms with E-state index >= 15 is 0 Å². The van der Waals surface area contributed by atoms with Crippen LogP contribution in [0.3, 0.4) is 0 Å². The number of rotatable bonds is 7. The number of hydrazone groups is 1. The van der Waals surface area contributed by atoms with E-state index < -0.39 is 17.7 Å². The molecule has 5 rings (SSSR count). The summed E-state index contributed by atoms with van der Waals surface area (Å²) < 4.78 is 2.60. The van der Waals surface area contributed by atoms with Crippen LogP contribution >= 0.6 is 15.9 Å². The van der Waals surface area contributed by atoms with Crippen LogP contribution in [0.5, 0.6) is 0 Å². The van der Waals surface area contributed by atoms with Crippen LogP contribution in [0.1, 0.15) is 21.5 Å². The van der Waals surface area contributed by atoms with Crippen molar-refractivity contribution in [3.8, 4) is 16.9 Å². The molecule has 0 fully saturated rings. The summed E-state index contributed by atoms with van der Waals surface area (Å²) >= 11 is 3.35. The number of aromatic nitrogens is 2. The van der Waals surface area contributed by atoms with Crippen LogP contribution in [0.15, 0.2) is 119 Å². The molecule has 0 atom stereocenters. The average Bonchev–Trinajstić information content (AvgIpc) is 3.43. The van der Waals surface area contributed by atoms with E-state index in [0.717, 1.165) is 21.3 Å². The number of para-hydroxylation sites is 2. The molecule has 3 N–H and O–H groups in total. The third-order valence-corrected chi connectivity index (χ3v) is 6.71. The Balaban J connectivity index is 1.29. The third kappa shape index (κ3) is 6.86. The maximum absolute atomic E-state index is 12.9. The highest BCUT2D eigenvalue weighted by Gasteiger charge is 2.18. The van der Waals surface area contributed by atoms with Gasteiger partial charge in [0.1, 0.15) is 5.69 Å². The van der Waals surface area contributed by atoms with Gasteiger partial charge in [0, 0.05) is 27.5 Å². The van der Waals surface area contributed by atoms with Gasteiger partial charge in [-0.2, -0.15) is 10.2 Å². The molecular formula is C32H25BrN6O3. The molecule has 5 aromatic rings. The lowest BCUT2D eigenvalue weighted by molar-refractivity contribution is -0.136. The molecule has 0 spiro atoms. The molecule has 0 unspecified atom stereocenters. The monoisotopic (exact) mass is 620 g/mol. The molecule has 3 amide bonds. The van der Waals surface area contributed by atoms with E-state index in [4.69, 9.17) is 5.10 Å². The number of aryl methyl sites for hydroxylation is 1. The first-order valence-electron chi connectivity index (χ1n) is 12.9. The van der Waals surface area contributed by atoms with Gasteiger partial charge < -0.3 is 10.6 Å². The van der Waals surface area contributed by atoms with Gasteiger partial charge in [-0.3, -0.25) is 14.4 Å². The molecule has 1 heterocycles. The van der Waals surface area contributed by atoms with Crippen molar-refractivity contribution in [3.05, 3.63) is 130 Å². The van der Waals surface area contributed by atoms with E-state index in [9.17, 15) is 14.4 Å². The molecule has 0 aliphatic carbocycles. The SMILES string of the molecule is Cc1ccc(-c2nn(-c3ccccc3)cc2/C=N\NC(=O)C(=O)Nc2ccccc2C(=O)Nc2ccc(Br)cc2)cc1. The number of halogens is 1. The maximum atomic E-state index is 12.9. The summed E-state index contributed by atoms with van der Waals surface area (Å²) in [7, 11) is 0. The molecule has 42 heavy (non-hydrogen) atoms. The third-order valence-electron chi connectivity index (χ3n) is 6.19. The smallest absolute Gasteiger partial charge is 0.322 e. The number of benzene rings is 4. The highest BCUT2D eigenvalue weighted by atomic mass is 79.9. The molecule has 0 radical (unpaired) electrons. The molecule has 0 bridgehead atoms. The number of amides is 3. The van der Waals surface area contributed by atoms with Gasteiger partial charge >= 0.3 is 11.8 Å². The van der Waals surface area contributed by atoms with Gasteiger partial charge in [0.15, 0.2) is 0 Å². The van der Waals surface area contributed by atoms with Crippen molar-refractivity contribution in [2.75, 3.05) is 10.6 Å². The number of anilines is 2. The second kappa shape index (κ2) is 12.9. The minimum atomic E-state index is -0.998. The highest BCUT2D eigenvalue weighted by Crippen LogP contribution is 2.23. The Kier molecular flexibility index (Phi) is 8.64. The molecule has 4 aromatic carbocycles. The Labute approximate surface area is 250 Å². The van der Waals surface area contributed by atoms with Crippen molar-refractivity contribution in [2.45, 2.75) is 6.92 Å². The lowest BCUT2D eigenvalue weighted by Crippen LogP contribution is -2.33. The van der Waals surface area contributed by atoms with Crippen LogP contribution in [0.4, 0.5) is 11.4 Å². The largest absolute Gasteiger partial charge is 0.329 e. The van der Waals surface area contributed by atoms with Crippen LogP contribution < -0.4 is 16.1 Å². The van der Waals surface area contributed by atoms with E-state index in [2.05, 4.69) is 37.1 Å². The summed E-state index contributed by atoms with van der Waals surface area (Å²) in [5, 5.41) is 14.0. The van der Waals surface area contributed by atoms with Gasteiger partial charge in [0.05, 0.1) is 23.2 Å². The van der Waals surface area contributed by atoms with Crippen molar-refractivity contribution in [3.63, 3.8) is 0 Å². The first kappa shape index (κ1) is 28.2. The Morgan fingerprint density at radius 2 is 1.50 bits per heavy atom. The van der Waals surface area contributed by atoms with Gasteiger partial charge in [-0.15, -0.1) is 0 Å². The average molecular weight is 621 g/mol. The van der Waals surface area contributed by atoms with Crippen LogP contribution in [0, 0.1) is 6.92 Å². The van der Waals surface area contributed by atoms with Crippen LogP contribution in [0.2, 0.25) is 0 Å². The maximum Gasteiger partial charge on any atom is 0.329 e. The second-order valence-electron chi connectivity index (χ2n) is 9.24. The standard InChI is InChI=1S/C32H25BrN6O3/c1-21-11-13-22(14-12-21)29-23(20-39(38-29)26-7-3-2-4-8-26)19-34-37-32(42)31(41)36-28-10-6-5-9-27(28)30(40)35-25-17-15-24(33)16-18-25/h2-20H,1H3,(H,35,40)(H,36,41)(H,37,42)/b34-19-. The Morgan fingerprint density at radius 1 is 0.810 bits per heavy atom. The van der Waals surface area contributed by atoms with Crippen molar-refractivity contribution in [1.82, 2.24) is 15.2 Å². The number of nitrogens with one attached hydrogen (secondary N) is 3. The zero-order chi connectivity index (χ0) is 29.5. The fourth-order valence-electron chi connectivity index (χ4n) is 4.04. The number of nitrogens with zero attached hydrogens (tertiary/aromatic N) is 3. The van der Waals surface area contributed by atoms with Gasteiger partial charge in [-0.25, -0.2) is 10.1 Å². The molecule has 208 valence electrons. The van der Waals surface area contributed by atoms with E-state index in [1.54, 1.807) is 53.3 Å². The molecule has 1 aromatic heterocycles. The molecular weight excluding hydrogens is 596 g/mol. The van der Waals surface area contributed by atoms with Crippen molar-refractivity contribution >= 4 is 51.2 Å². The number of carbonyl (C=O) groups is 3. The lowest BCUT2D eigenvalue weighted by atomic mass is 10.1. The number of carbonyl (C=O) groups excluding carboxylic acids is 3. The summed E-state index contributed by atoms with van der Waals surface area (Å²) in [6.45, 7) is 2.00. The summed E-state index contributed by atoms with van der Waals surface area (Å²) in [6, 6.07) is 31.0. The van der Waals surface area contributed by atoms with Gasteiger partial charge in [-0.05, 0) is 55.5 Å². The van der Waals surface area contributed by atoms with Crippen LogP contribution in [-0.4, -0.2) is 33.7 Å². The van der Waals surface area contributed by atoms with Gasteiger partial charge in [0.25, 0.3) is 5.91 Å². The van der Waals surface area contributed by atoms with E-state index in [-0.39, 0.29) is 11.3 Å². The number of hydrogen-bond donors (Lipinski definition) is 3. The van der Waals surface area contributed by atoms with Gasteiger partial charge in [0.2, 0.25) is 0 Å². The quantitative estimate of drug-likeness (QED) is 0.118. The number of hydrogen-bond acceptors (Lipinski definition) is 5. The summed E-state index contributed by atoms with van der Waals surface area (Å²) in [5.41, 5.74) is 7.36. The molecule has 9 nitrogen and oxygen atoms in total. The van der Waals surface area contributed by atoms with Crippen molar-refractivity contribution in [1.29, 1.82) is 0 Å². The molecule has 0 saturated carbocycles. The Hall–Kier alpha value is -5.35. The molecule has 10 heteroatoms. The van der Waals surface area contributed by atoms with E-state index in [1.165, 1.54) is 12.3 Å². The predicted octanol–water partition coefficient (Wildman–Crippen LogP) is 5.95. The second-order valence-corrected chi connectivity index (χ2v) is 10.2. The summed E-state index contributed by atoms with van der Waals surface area (Å²) in [5.74, 6) is -2.41. The first-order chi connectivity index (χ1) is 20.4. The topological polar surface area (TPSA) is 117 Å². The summed E-state index contributed by atoms with van der Waals surface area (Å²) in [6.07, 6.45) is 3.23. The zero-order valence-electron chi connectivity index (χ0n) is 22.4. The molecule has 0 saturated heterocycles. The van der Waals surface area contributed by atoms with Crippen LogP contribution in [0.25, 0.3) is 16.9 Å². The normalized spacial score (nSPS) is 10.8. The molecule has 0 aliphatic rings. The Morgan fingerprint density at radius 3 is 2.24 bits per heavy atom. The fraction of sp³-hybridized carbons (Fsp3) is 0.0312. The Bertz CT molecular complexity index is 1760. The summed E-state index contributed by atoms with van der Waals surface area (Å²) in [4.78, 5) is 38.1. The van der Waals surface area contributed by atoms with E-state index in [1.807, 2.05) is 61.5 Å². The van der Waals surface area contributed by atoms with E-state index in [0.29, 0.717) is 16.9 Å².